The average Bonchev–Trinajstić information content (AvgIpc) is 3.57. The summed E-state index contributed by atoms with van der Waals surface area (Å²) < 4.78 is 27.6. The smallest absolute Gasteiger partial charge is 0.330 e. The number of carbonyl (C=O) groups excluding carboxylic acids is 1. The molecule has 1 aliphatic carbocycles. The first-order valence-electron chi connectivity index (χ1n) is 11.5. The Morgan fingerprint density at radius 2 is 1.78 bits per heavy atom. The number of hydrogen-bond acceptors (Lipinski definition) is 12. The fraction of sp³-hybridized carbons (Fsp3) is 0.542. The van der Waals surface area contributed by atoms with Gasteiger partial charge < -0.3 is 54.3 Å². The average molecular weight is 508 g/mol. The van der Waals surface area contributed by atoms with E-state index in [1.165, 1.54) is 24.5 Å². The topological polar surface area (TPSA) is 188 Å². The second-order valence-corrected chi connectivity index (χ2v) is 9.28. The fourth-order valence-corrected chi connectivity index (χ4v) is 5.12. The summed E-state index contributed by atoms with van der Waals surface area (Å²) >= 11 is 0. The van der Waals surface area contributed by atoms with Crippen molar-refractivity contribution in [3.63, 3.8) is 0 Å². The number of ether oxygens (including phenoxy) is 5. The minimum Gasteiger partial charge on any atom is -0.508 e. The number of phenolic OH excluding ortho intramolecular Hbond substituents is 1. The normalized spacial score (nSPS) is 43.0. The number of phenols is 1. The Kier molecular flexibility index (Phi) is 6.78. The van der Waals surface area contributed by atoms with E-state index in [0.717, 1.165) is 6.08 Å². The Labute approximate surface area is 205 Å². The Hall–Kier alpha value is -2.55. The number of esters is 1. The van der Waals surface area contributed by atoms with Crippen LogP contribution in [0.1, 0.15) is 5.56 Å². The highest BCUT2D eigenvalue weighted by Gasteiger charge is 2.75. The molecule has 36 heavy (non-hydrogen) atoms. The van der Waals surface area contributed by atoms with Crippen LogP contribution in [0, 0.1) is 11.8 Å². The second kappa shape index (κ2) is 9.72. The van der Waals surface area contributed by atoms with Gasteiger partial charge in [0.1, 0.15) is 48.5 Å². The SMILES string of the molecule is O=C(/C=C/c1ccc(O)cc1)OC[C@H]1O[C@@H](O[C@@H]2OC=C[C@H]3[C@H](O)[C@@H]4O[C@]4(CO)[C@@H]23)[C@H](O)[C@@H](O)[C@H]1O. The van der Waals surface area contributed by atoms with Crippen LogP contribution in [0.4, 0.5) is 0 Å². The number of aromatic hydroxyl groups is 1. The lowest BCUT2D eigenvalue weighted by atomic mass is 9.85. The van der Waals surface area contributed by atoms with Crippen molar-refractivity contribution in [1.82, 2.24) is 0 Å². The van der Waals surface area contributed by atoms with Gasteiger partial charge >= 0.3 is 5.97 Å². The highest BCUT2D eigenvalue weighted by Crippen LogP contribution is 2.59. The molecule has 6 N–H and O–H groups in total. The molecule has 11 atom stereocenters. The first kappa shape index (κ1) is 25.1. The molecule has 196 valence electrons. The quantitative estimate of drug-likeness (QED) is 0.141. The summed E-state index contributed by atoms with van der Waals surface area (Å²) in [6.45, 7) is -0.829. The van der Waals surface area contributed by atoms with Gasteiger partial charge in [0.05, 0.1) is 24.9 Å². The molecule has 0 aromatic heterocycles. The summed E-state index contributed by atoms with van der Waals surface area (Å²) in [5, 5.41) is 60.8. The maximum absolute atomic E-state index is 12.1. The maximum Gasteiger partial charge on any atom is 0.330 e. The summed E-state index contributed by atoms with van der Waals surface area (Å²) in [4.78, 5) is 12.1. The zero-order valence-corrected chi connectivity index (χ0v) is 18.9. The molecular weight excluding hydrogens is 480 g/mol. The standard InChI is InChI=1S/C24H28O12/c25-10-24-16-13(17(28)21(24)36-24)7-8-32-22(16)35-23-20(31)19(30)18(29)14(34-23)9-33-15(27)6-3-11-1-4-12(26)5-2-11/h1-8,13-14,16-23,25-26,28-31H,9-10H2/b6-3+/t13-,14-,16-,17+,18+,19+,20-,21+,22+,23+,24-/m1/s1. The summed E-state index contributed by atoms with van der Waals surface area (Å²) in [5.41, 5.74) is -0.416. The molecule has 0 bridgehead atoms. The molecule has 1 aromatic rings. The van der Waals surface area contributed by atoms with E-state index < -0.39 is 79.2 Å². The van der Waals surface area contributed by atoms with Crippen molar-refractivity contribution >= 4 is 12.0 Å². The summed E-state index contributed by atoms with van der Waals surface area (Å²) in [6, 6.07) is 6.11. The molecule has 2 saturated heterocycles. The Bertz CT molecular complexity index is 1010. The van der Waals surface area contributed by atoms with Gasteiger partial charge in [-0.2, -0.15) is 0 Å². The number of rotatable bonds is 7. The van der Waals surface area contributed by atoms with Gasteiger partial charge in [0.15, 0.2) is 6.29 Å². The van der Waals surface area contributed by atoms with Gasteiger partial charge in [-0.15, -0.1) is 0 Å². The molecule has 5 rings (SSSR count). The van der Waals surface area contributed by atoms with Gasteiger partial charge in [-0.1, -0.05) is 12.1 Å². The van der Waals surface area contributed by atoms with Gasteiger partial charge in [0.2, 0.25) is 6.29 Å². The van der Waals surface area contributed by atoms with Crippen molar-refractivity contribution < 1.29 is 59.1 Å². The van der Waals surface area contributed by atoms with Crippen LogP contribution in [-0.4, -0.2) is 105 Å². The molecule has 0 radical (unpaired) electrons. The first-order valence-corrected chi connectivity index (χ1v) is 11.5. The summed E-state index contributed by atoms with van der Waals surface area (Å²) in [6.07, 6.45) is -4.61. The van der Waals surface area contributed by atoms with E-state index in [1.807, 2.05) is 0 Å². The van der Waals surface area contributed by atoms with Crippen LogP contribution in [-0.2, 0) is 28.5 Å². The predicted octanol–water partition coefficient (Wildman–Crippen LogP) is -1.62. The van der Waals surface area contributed by atoms with Crippen molar-refractivity contribution in [3.8, 4) is 5.75 Å². The molecule has 12 heteroatoms. The Morgan fingerprint density at radius 1 is 1.03 bits per heavy atom. The number of fused-ring (bicyclic) bond motifs is 3. The monoisotopic (exact) mass is 508 g/mol. The Morgan fingerprint density at radius 3 is 2.50 bits per heavy atom. The largest absolute Gasteiger partial charge is 0.508 e. The molecule has 3 aliphatic heterocycles. The van der Waals surface area contributed by atoms with Crippen LogP contribution in [0.3, 0.4) is 0 Å². The highest BCUT2D eigenvalue weighted by atomic mass is 16.8. The third-order valence-corrected chi connectivity index (χ3v) is 7.14. The molecule has 3 fully saturated rings. The highest BCUT2D eigenvalue weighted by molar-refractivity contribution is 5.87. The molecule has 12 nitrogen and oxygen atoms in total. The van der Waals surface area contributed by atoms with Crippen LogP contribution in [0.2, 0.25) is 0 Å². The van der Waals surface area contributed by atoms with E-state index in [4.69, 9.17) is 23.7 Å². The van der Waals surface area contributed by atoms with Gasteiger partial charge in [-0.3, -0.25) is 0 Å². The molecule has 0 amide bonds. The lowest BCUT2D eigenvalue weighted by molar-refractivity contribution is -0.344. The third-order valence-electron chi connectivity index (χ3n) is 7.14. The second-order valence-electron chi connectivity index (χ2n) is 9.28. The van der Waals surface area contributed by atoms with E-state index in [1.54, 1.807) is 18.2 Å². The number of epoxide rings is 1. The van der Waals surface area contributed by atoms with E-state index in [0.29, 0.717) is 5.56 Å². The van der Waals surface area contributed by atoms with Gasteiger partial charge in [0.25, 0.3) is 0 Å². The van der Waals surface area contributed by atoms with E-state index >= 15 is 0 Å². The number of aliphatic hydroxyl groups is 5. The molecule has 4 aliphatic rings. The molecule has 1 aromatic carbocycles. The molecular formula is C24H28O12. The van der Waals surface area contributed by atoms with E-state index in [9.17, 15) is 35.4 Å². The van der Waals surface area contributed by atoms with E-state index in [2.05, 4.69) is 0 Å². The summed E-state index contributed by atoms with van der Waals surface area (Å²) in [7, 11) is 0. The number of benzene rings is 1. The van der Waals surface area contributed by atoms with Crippen molar-refractivity contribution in [2.75, 3.05) is 13.2 Å². The van der Waals surface area contributed by atoms with E-state index in [-0.39, 0.29) is 12.4 Å². The van der Waals surface area contributed by atoms with Gasteiger partial charge in [-0.05, 0) is 29.8 Å². The zero-order chi connectivity index (χ0) is 25.6. The zero-order valence-electron chi connectivity index (χ0n) is 18.9. The molecule has 0 unspecified atom stereocenters. The van der Waals surface area contributed by atoms with Crippen LogP contribution in [0.25, 0.3) is 6.08 Å². The summed E-state index contributed by atoms with van der Waals surface area (Å²) in [5.74, 6) is -1.71. The van der Waals surface area contributed by atoms with Crippen LogP contribution < -0.4 is 0 Å². The fourth-order valence-electron chi connectivity index (χ4n) is 5.12. The minimum atomic E-state index is -1.68. The van der Waals surface area contributed by atoms with Gasteiger partial charge in [0, 0.05) is 12.0 Å². The predicted molar refractivity (Wildman–Crippen MR) is 118 cm³/mol. The lowest BCUT2D eigenvalue weighted by Gasteiger charge is -2.43. The van der Waals surface area contributed by atoms with Crippen molar-refractivity contribution in [2.45, 2.75) is 54.8 Å². The minimum absolute atomic E-state index is 0.0842. The number of carbonyl (C=O) groups is 1. The maximum atomic E-state index is 12.1. The van der Waals surface area contributed by atoms with Crippen LogP contribution in [0.15, 0.2) is 42.7 Å². The number of hydrogen-bond donors (Lipinski definition) is 6. The number of aliphatic hydroxyl groups excluding tert-OH is 5. The Balaban J connectivity index is 1.22. The third kappa shape index (κ3) is 4.40. The van der Waals surface area contributed by atoms with Crippen LogP contribution in [0.5, 0.6) is 5.75 Å². The van der Waals surface area contributed by atoms with Crippen molar-refractivity contribution in [1.29, 1.82) is 0 Å². The van der Waals surface area contributed by atoms with Crippen molar-refractivity contribution in [2.24, 2.45) is 11.8 Å². The van der Waals surface area contributed by atoms with Crippen molar-refractivity contribution in [3.05, 3.63) is 48.2 Å². The lowest BCUT2D eigenvalue weighted by Crippen LogP contribution is -2.60. The molecule has 3 heterocycles. The first-order chi connectivity index (χ1) is 17.2. The van der Waals surface area contributed by atoms with Gasteiger partial charge in [-0.25, -0.2) is 4.79 Å². The molecule has 0 spiro atoms. The molecule has 1 saturated carbocycles. The van der Waals surface area contributed by atoms with Crippen LogP contribution >= 0.6 is 0 Å².